The van der Waals surface area contributed by atoms with Crippen LogP contribution < -0.4 is 10.5 Å². The second-order valence-electron chi connectivity index (χ2n) is 5.53. The van der Waals surface area contributed by atoms with E-state index in [0.717, 1.165) is 39.6 Å². The number of hydrogen-bond donors (Lipinski definition) is 1. The third-order valence-electron chi connectivity index (χ3n) is 3.87. The number of fused-ring (bicyclic) bond motifs is 2. The molecule has 2 aromatic carbocycles. The molecular formula is C19H17N3OS. The van der Waals surface area contributed by atoms with Crippen molar-refractivity contribution in [3.8, 4) is 23.0 Å². The summed E-state index contributed by atoms with van der Waals surface area (Å²) >= 11 is 1.66. The van der Waals surface area contributed by atoms with Crippen LogP contribution in [-0.2, 0) is 6.42 Å². The molecule has 0 atom stereocenters. The Morgan fingerprint density at radius 2 is 1.79 bits per heavy atom. The Morgan fingerprint density at radius 3 is 2.62 bits per heavy atom. The van der Waals surface area contributed by atoms with Gasteiger partial charge >= 0.3 is 0 Å². The average Bonchev–Trinajstić information content (AvgIpc) is 2.65. The molecule has 0 aliphatic carbocycles. The molecule has 0 amide bonds. The van der Waals surface area contributed by atoms with Gasteiger partial charge in [0.15, 0.2) is 5.82 Å². The van der Waals surface area contributed by atoms with Crippen molar-refractivity contribution in [2.75, 3.05) is 12.3 Å². The highest BCUT2D eigenvalue weighted by Gasteiger charge is 2.23. The van der Waals surface area contributed by atoms with E-state index in [9.17, 15) is 0 Å². The number of thioether (sulfide) groups is 1. The Labute approximate surface area is 145 Å². The van der Waals surface area contributed by atoms with Gasteiger partial charge in [-0.25, -0.2) is 4.98 Å². The Balaban J connectivity index is 1.81. The first-order chi connectivity index (χ1) is 11.8. The molecule has 1 aromatic heterocycles. The summed E-state index contributed by atoms with van der Waals surface area (Å²) in [6, 6.07) is 18.1. The van der Waals surface area contributed by atoms with E-state index in [4.69, 9.17) is 15.5 Å². The quantitative estimate of drug-likeness (QED) is 0.453. The molecule has 5 heteroatoms. The summed E-state index contributed by atoms with van der Waals surface area (Å²) in [5.41, 5.74) is 8.88. The molecule has 0 radical (unpaired) electrons. The molecule has 4 rings (SSSR count). The number of para-hydroxylation sites is 1. The monoisotopic (exact) mass is 335 g/mol. The molecule has 2 N–H and O–H groups in total. The number of hydrogen-bond acceptors (Lipinski definition) is 5. The van der Waals surface area contributed by atoms with Crippen molar-refractivity contribution in [3.05, 3.63) is 65.7 Å². The van der Waals surface area contributed by atoms with Crippen molar-refractivity contribution in [1.29, 1.82) is 0 Å². The molecule has 2 heterocycles. The van der Waals surface area contributed by atoms with Crippen LogP contribution in [0.1, 0.15) is 11.1 Å². The predicted molar refractivity (Wildman–Crippen MR) is 96.6 cm³/mol. The van der Waals surface area contributed by atoms with Gasteiger partial charge in [-0.3, -0.25) is 0 Å². The normalized spacial score (nSPS) is 12.2. The third kappa shape index (κ3) is 2.88. The number of ether oxygens (including phenoxy) is 1. The van der Waals surface area contributed by atoms with Gasteiger partial charge in [0.2, 0.25) is 5.88 Å². The molecule has 1 aliphatic rings. The van der Waals surface area contributed by atoms with Crippen LogP contribution in [0.5, 0.6) is 11.6 Å². The zero-order valence-electron chi connectivity index (χ0n) is 13.1. The largest absolute Gasteiger partial charge is 0.438 e. The third-order valence-corrected chi connectivity index (χ3v) is 4.92. The highest BCUT2D eigenvalue weighted by atomic mass is 32.2. The smallest absolute Gasteiger partial charge is 0.227 e. The van der Waals surface area contributed by atoms with Gasteiger partial charge in [0.1, 0.15) is 10.8 Å². The Hall–Kier alpha value is -2.37. The van der Waals surface area contributed by atoms with Crippen molar-refractivity contribution in [1.82, 2.24) is 9.97 Å². The lowest BCUT2D eigenvalue weighted by molar-refractivity contribution is 0.435. The van der Waals surface area contributed by atoms with Gasteiger partial charge in [-0.2, -0.15) is 4.98 Å². The molecular weight excluding hydrogens is 318 g/mol. The Bertz CT molecular complexity index is 868. The first kappa shape index (κ1) is 15.2. The van der Waals surface area contributed by atoms with Crippen molar-refractivity contribution < 1.29 is 4.74 Å². The van der Waals surface area contributed by atoms with E-state index in [0.29, 0.717) is 18.2 Å². The lowest BCUT2D eigenvalue weighted by Crippen LogP contribution is -2.10. The van der Waals surface area contributed by atoms with E-state index >= 15 is 0 Å². The number of rotatable bonds is 4. The van der Waals surface area contributed by atoms with Gasteiger partial charge in [-0.1, -0.05) is 48.5 Å². The molecule has 4 nitrogen and oxygen atoms in total. The summed E-state index contributed by atoms with van der Waals surface area (Å²) in [7, 11) is 0. The van der Waals surface area contributed by atoms with Gasteiger partial charge in [0.25, 0.3) is 0 Å². The maximum atomic E-state index is 6.06. The van der Waals surface area contributed by atoms with Crippen LogP contribution in [0.15, 0.2) is 59.6 Å². The van der Waals surface area contributed by atoms with Crippen LogP contribution in [0.2, 0.25) is 0 Å². The van der Waals surface area contributed by atoms with E-state index < -0.39 is 0 Å². The molecule has 120 valence electrons. The van der Waals surface area contributed by atoms with Gasteiger partial charge < -0.3 is 10.5 Å². The van der Waals surface area contributed by atoms with Crippen LogP contribution in [0, 0.1) is 0 Å². The molecule has 3 aromatic rings. The zero-order valence-corrected chi connectivity index (χ0v) is 13.9. The molecule has 0 spiro atoms. The van der Waals surface area contributed by atoms with E-state index in [1.54, 1.807) is 11.8 Å². The molecule has 0 fully saturated rings. The van der Waals surface area contributed by atoms with Gasteiger partial charge in [0, 0.05) is 24.3 Å². The lowest BCUT2D eigenvalue weighted by atomic mass is 10.0. The van der Waals surface area contributed by atoms with Crippen LogP contribution in [-0.4, -0.2) is 22.3 Å². The second-order valence-corrected chi connectivity index (χ2v) is 6.61. The van der Waals surface area contributed by atoms with E-state index in [-0.39, 0.29) is 0 Å². The molecule has 0 saturated carbocycles. The second kappa shape index (κ2) is 6.63. The first-order valence-corrected chi connectivity index (χ1v) is 8.88. The van der Waals surface area contributed by atoms with Gasteiger partial charge in [0.05, 0.1) is 5.56 Å². The number of benzene rings is 2. The maximum absolute atomic E-state index is 6.06. The fraction of sp³-hybridized carbons (Fsp3) is 0.158. The Morgan fingerprint density at radius 1 is 1.00 bits per heavy atom. The topological polar surface area (TPSA) is 61.0 Å². The van der Waals surface area contributed by atoms with Crippen molar-refractivity contribution in [3.63, 3.8) is 0 Å². The lowest BCUT2D eigenvalue weighted by Gasteiger charge is -2.21. The van der Waals surface area contributed by atoms with Gasteiger partial charge in [-0.15, -0.1) is 11.8 Å². The minimum atomic E-state index is 0.613. The molecule has 1 aliphatic heterocycles. The average molecular weight is 335 g/mol. The predicted octanol–water partition coefficient (Wildman–Crippen LogP) is 3.89. The van der Waals surface area contributed by atoms with Crippen molar-refractivity contribution in [2.24, 2.45) is 5.73 Å². The fourth-order valence-corrected chi connectivity index (χ4v) is 3.51. The van der Waals surface area contributed by atoms with Gasteiger partial charge in [-0.05, 0) is 11.6 Å². The standard InChI is InChI=1S/C19H17N3OS/c20-10-11-24-19-15-12-14-8-4-5-9-16(14)23-18(15)21-17(22-19)13-6-2-1-3-7-13/h1-9H,10-12,20H2. The highest BCUT2D eigenvalue weighted by Crippen LogP contribution is 2.40. The molecule has 0 unspecified atom stereocenters. The fourth-order valence-electron chi connectivity index (χ4n) is 2.71. The molecule has 24 heavy (non-hydrogen) atoms. The highest BCUT2D eigenvalue weighted by molar-refractivity contribution is 7.99. The number of nitrogens with two attached hydrogens (primary N) is 1. The summed E-state index contributed by atoms with van der Waals surface area (Å²) in [4.78, 5) is 9.46. The first-order valence-electron chi connectivity index (χ1n) is 7.90. The van der Waals surface area contributed by atoms with Crippen molar-refractivity contribution >= 4 is 11.8 Å². The SMILES string of the molecule is NCCSc1nc(-c2ccccc2)nc2c1Cc1ccccc1O2. The summed E-state index contributed by atoms with van der Waals surface area (Å²) in [6.45, 7) is 0.613. The summed E-state index contributed by atoms with van der Waals surface area (Å²) < 4.78 is 6.06. The van der Waals surface area contributed by atoms with Crippen LogP contribution in [0.3, 0.4) is 0 Å². The number of nitrogens with zero attached hydrogens (tertiary/aromatic N) is 2. The van der Waals surface area contributed by atoms with E-state index in [1.165, 1.54) is 0 Å². The summed E-state index contributed by atoms with van der Waals surface area (Å²) in [5, 5.41) is 0.957. The van der Waals surface area contributed by atoms with Crippen LogP contribution in [0.25, 0.3) is 11.4 Å². The molecule has 0 saturated heterocycles. The minimum Gasteiger partial charge on any atom is -0.438 e. The number of aromatic nitrogens is 2. The van der Waals surface area contributed by atoms with Crippen LogP contribution in [0.4, 0.5) is 0 Å². The molecule has 0 bridgehead atoms. The van der Waals surface area contributed by atoms with E-state index in [1.807, 2.05) is 48.5 Å². The summed E-state index contributed by atoms with van der Waals surface area (Å²) in [6.07, 6.45) is 0.785. The maximum Gasteiger partial charge on any atom is 0.227 e. The minimum absolute atomic E-state index is 0.613. The van der Waals surface area contributed by atoms with Crippen LogP contribution >= 0.6 is 11.8 Å². The van der Waals surface area contributed by atoms with Crippen molar-refractivity contribution in [2.45, 2.75) is 11.4 Å². The Kier molecular flexibility index (Phi) is 4.19. The zero-order chi connectivity index (χ0) is 16.4. The summed E-state index contributed by atoms with van der Waals surface area (Å²) in [5.74, 6) is 3.03. The van der Waals surface area contributed by atoms with E-state index in [2.05, 4.69) is 11.1 Å².